The summed E-state index contributed by atoms with van der Waals surface area (Å²) in [5.41, 5.74) is 5.40. The molecule has 0 amide bonds. The van der Waals surface area contributed by atoms with E-state index in [2.05, 4.69) is 40.9 Å². The van der Waals surface area contributed by atoms with E-state index in [0.29, 0.717) is 0 Å². The normalized spacial score (nSPS) is 11.2. The lowest BCUT2D eigenvalue weighted by Gasteiger charge is -2.07. The Morgan fingerprint density at radius 2 is 1.74 bits per heavy atom. The number of rotatable bonds is 1. The first-order chi connectivity index (χ1) is 9.06. The highest BCUT2D eigenvalue weighted by molar-refractivity contribution is 6.28. The van der Waals surface area contributed by atoms with Crippen LogP contribution in [-0.2, 0) is 0 Å². The third-order valence-corrected chi connectivity index (χ3v) is 3.49. The Balaban J connectivity index is 2.31. The highest BCUT2D eigenvalue weighted by atomic mass is 35.5. The summed E-state index contributed by atoms with van der Waals surface area (Å²) in [6.07, 6.45) is 3.49. The highest BCUT2D eigenvalue weighted by Gasteiger charge is 2.10. The van der Waals surface area contributed by atoms with Crippen molar-refractivity contribution in [3.63, 3.8) is 0 Å². The summed E-state index contributed by atoms with van der Waals surface area (Å²) in [4.78, 5) is 12.7. The van der Waals surface area contributed by atoms with Crippen LogP contribution in [0.3, 0.4) is 0 Å². The number of imidazole rings is 1. The molecule has 3 rings (SSSR count). The van der Waals surface area contributed by atoms with Gasteiger partial charge in [0.25, 0.3) is 0 Å². The minimum Gasteiger partial charge on any atom is -0.283 e. The van der Waals surface area contributed by atoms with Crippen molar-refractivity contribution in [1.29, 1.82) is 0 Å². The van der Waals surface area contributed by atoms with Crippen LogP contribution in [0.2, 0.25) is 5.28 Å². The molecule has 0 bridgehead atoms. The molecule has 0 unspecified atom stereocenters. The molecule has 0 saturated carbocycles. The number of halogens is 1. The Kier molecular flexibility index (Phi) is 2.75. The predicted molar refractivity (Wildman–Crippen MR) is 75.9 cm³/mol. The van der Waals surface area contributed by atoms with Gasteiger partial charge in [-0.2, -0.15) is 4.98 Å². The molecule has 0 atom stereocenters. The molecule has 96 valence electrons. The maximum atomic E-state index is 5.89. The molecule has 2 heterocycles. The van der Waals surface area contributed by atoms with Crippen LogP contribution in [-0.4, -0.2) is 19.5 Å². The van der Waals surface area contributed by atoms with Crippen LogP contribution in [0, 0.1) is 20.8 Å². The van der Waals surface area contributed by atoms with E-state index < -0.39 is 0 Å². The molecule has 0 fully saturated rings. The average molecular weight is 273 g/mol. The number of hydrogen-bond donors (Lipinski definition) is 0. The Hall–Kier alpha value is -1.94. The van der Waals surface area contributed by atoms with Gasteiger partial charge in [0.1, 0.15) is 12.1 Å². The summed E-state index contributed by atoms with van der Waals surface area (Å²) in [6.45, 7) is 6.13. The molecule has 19 heavy (non-hydrogen) atoms. The second-order valence-electron chi connectivity index (χ2n) is 4.69. The van der Waals surface area contributed by atoms with Gasteiger partial charge < -0.3 is 0 Å². The van der Waals surface area contributed by atoms with Crippen molar-refractivity contribution >= 4 is 22.6 Å². The number of benzene rings is 1. The largest absolute Gasteiger partial charge is 0.283 e. The highest BCUT2D eigenvalue weighted by Crippen LogP contribution is 2.22. The Morgan fingerprint density at radius 3 is 2.53 bits per heavy atom. The summed E-state index contributed by atoms with van der Waals surface area (Å²) in [7, 11) is 0. The van der Waals surface area contributed by atoms with E-state index in [0.717, 1.165) is 22.4 Å². The van der Waals surface area contributed by atoms with Crippen molar-refractivity contribution in [2.45, 2.75) is 20.8 Å². The third-order valence-electron chi connectivity index (χ3n) is 3.31. The van der Waals surface area contributed by atoms with Gasteiger partial charge in [-0.1, -0.05) is 0 Å². The van der Waals surface area contributed by atoms with Crippen molar-refractivity contribution in [1.82, 2.24) is 19.5 Å². The average Bonchev–Trinajstić information content (AvgIpc) is 2.76. The van der Waals surface area contributed by atoms with Gasteiger partial charge in [-0.25, -0.2) is 9.97 Å². The van der Waals surface area contributed by atoms with E-state index in [1.807, 2.05) is 11.5 Å². The number of nitrogens with zero attached hydrogens (tertiary/aromatic N) is 4. The zero-order valence-electron chi connectivity index (χ0n) is 11.0. The molecule has 0 saturated heterocycles. The lowest BCUT2D eigenvalue weighted by atomic mass is 10.1. The first-order valence-corrected chi connectivity index (χ1v) is 6.38. The molecule has 0 aliphatic carbocycles. The molecule has 5 heteroatoms. The SMILES string of the molecule is Cc1cc2ncn(-c3nc(Cl)ncc3C)c2cc1C. The predicted octanol–water partition coefficient (Wildman–Crippen LogP) is 3.39. The monoisotopic (exact) mass is 272 g/mol. The van der Waals surface area contributed by atoms with Crippen molar-refractivity contribution < 1.29 is 0 Å². The fraction of sp³-hybridized carbons (Fsp3) is 0.214. The number of fused-ring (bicyclic) bond motifs is 1. The Labute approximate surface area is 116 Å². The van der Waals surface area contributed by atoms with Crippen LogP contribution < -0.4 is 0 Å². The van der Waals surface area contributed by atoms with Gasteiger partial charge in [0.2, 0.25) is 5.28 Å². The summed E-state index contributed by atoms with van der Waals surface area (Å²) in [6, 6.07) is 4.20. The van der Waals surface area contributed by atoms with Gasteiger partial charge in [-0.15, -0.1) is 0 Å². The molecule has 0 radical (unpaired) electrons. The maximum absolute atomic E-state index is 5.89. The molecular formula is C14H13ClN4. The van der Waals surface area contributed by atoms with E-state index in [4.69, 9.17) is 11.6 Å². The molecule has 0 aliphatic heterocycles. The zero-order valence-corrected chi connectivity index (χ0v) is 11.7. The van der Waals surface area contributed by atoms with Gasteiger partial charge in [-0.3, -0.25) is 4.57 Å². The van der Waals surface area contributed by atoms with Gasteiger partial charge in [-0.05, 0) is 55.6 Å². The second kappa shape index (κ2) is 4.31. The molecule has 0 aliphatic rings. The van der Waals surface area contributed by atoms with Crippen LogP contribution in [0.5, 0.6) is 0 Å². The summed E-state index contributed by atoms with van der Waals surface area (Å²) in [5, 5.41) is 0.242. The standard InChI is InChI=1S/C14H13ClN4/c1-8-4-11-12(5-9(8)2)19(7-17-11)13-10(3)6-16-14(15)18-13/h4-7H,1-3H3. The fourth-order valence-corrected chi connectivity index (χ4v) is 2.22. The first-order valence-electron chi connectivity index (χ1n) is 6.00. The molecule has 0 spiro atoms. The van der Waals surface area contributed by atoms with E-state index in [1.54, 1.807) is 12.5 Å². The second-order valence-corrected chi connectivity index (χ2v) is 5.02. The van der Waals surface area contributed by atoms with Gasteiger partial charge in [0.05, 0.1) is 11.0 Å². The van der Waals surface area contributed by atoms with Gasteiger partial charge >= 0.3 is 0 Å². The zero-order chi connectivity index (χ0) is 13.6. The van der Waals surface area contributed by atoms with Crippen LogP contribution in [0.4, 0.5) is 0 Å². The van der Waals surface area contributed by atoms with E-state index in [-0.39, 0.29) is 5.28 Å². The Bertz CT molecular complexity index is 776. The molecule has 0 N–H and O–H groups in total. The van der Waals surface area contributed by atoms with Gasteiger partial charge in [0.15, 0.2) is 0 Å². The summed E-state index contributed by atoms with van der Waals surface area (Å²) in [5.74, 6) is 0.769. The van der Waals surface area contributed by atoms with Crippen molar-refractivity contribution in [2.24, 2.45) is 0 Å². The first kappa shape index (κ1) is 12.1. The van der Waals surface area contributed by atoms with Crippen molar-refractivity contribution in [3.8, 4) is 5.82 Å². The lowest BCUT2D eigenvalue weighted by molar-refractivity contribution is 0.972. The van der Waals surface area contributed by atoms with Gasteiger partial charge in [0, 0.05) is 11.8 Å². The fourth-order valence-electron chi connectivity index (χ4n) is 2.09. The molecular weight excluding hydrogens is 260 g/mol. The smallest absolute Gasteiger partial charge is 0.224 e. The number of aromatic nitrogens is 4. The maximum Gasteiger partial charge on any atom is 0.224 e. The van der Waals surface area contributed by atoms with Crippen molar-refractivity contribution in [2.75, 3.05) is 0 Å². The third kappa shape index (κ3) is 1.98. The number of aryl methyl sites for hydroxylation is 3. The molecule has 3 aromatic rings. The van der Waals surface area contributed by atoms with Crippen LogP contribution in [0.1, 0.15) is 16.7 Å². The van der Waals surface area contributed by atoms with E-state index in [1.165, 1.54) is 11.1 Å². The molecule has 1 aromatic carbocycles. The quantitative estimate of drug-likeness (QED) is 0.638. The lowest BCUT2D eigenvalue weighted by Crippen LogP contribution is -2.01. The molecule has 4 nitrogen and oxygen atoms in total. The van der Waals surface area contributed by atoms with E-state index in [9.17, 15) is 0 Å². The summed E-state index contributed by atoms with van der Waals surface area (Å²) < 4.78 is 1.95. The van der Waals surface area contributed by atoms with E-state index >= 15 is 0 Å². The topological polar surface area (TPSA) is 43.6 Å². The van der Waals surface area contributed by atoms with Crippen LogP contribution in [0.15, 0.2) is 24.7 Å². The van der Waals surface area contributed by atoms with Crippen LogP contribution in [0.25, 0.3) is 16.9 Å². The van der Waals surface area contributed by atoms with Crippen LogP contribution >= 0.6 is 11.6 Å². The number of hydrogen-bond acceptors (Lipinski definition) is 3. The minimum atomic E-state index is 0.242. The molecule has 2 aromatic heterocycles. The summed E-state index contributed by atoms with van der Waals surface area (Å²) >= 11 is 5.89. The minimum absolute atomic E-state index is 0.242. The van der Waals surface area contributed by atoms with Crippen molar-refractivity contribution in [3.05, 3.63) is 46.6 Å². The Morgan fingerprint density at radius 1 is 1.00 bits per heavy atom.